The maximum absolute atomic E-state index is 12.5. The second-order valence-electron chi connectivity index (χ2n) is 7.28. The zero-order valence-electron chi connectivity index (χ0n) is 17.9. The van der Waals surface area contributed by atoms with Crippen LogP contribution in [0, 0.1) is 6.92 Å². The lowest BCUT2D eigenvalue weighted by molar-refractivity contribution is -0.117. The number of halogens is 1. The Bertz CT molecular complexity index is 714. The van der Waals surface area contributed by atoms with Crippen LogP contribution >= 0.6 is 12.4 Å². The zero-order chi connectivity index (χ0) is 20.2. The minimum absolute atomic E-state index is 0. The van der Waals surface area contributed by atoms with E-state index in [9.17, 15) is 4.79 Å². The Kier molecular flexibility index (Phi) is 12.1. The van der Waals surface area contributed by atoms with Crippen molar-refractivity contribution in [3.05, 3.63) is 59.7 Å². The Labute approximate surface area is 182 Å². The predicted octanol–water partition coefficient (Wildman–Crippen LogP) is 5.84. The molecule has 0 unspecified atom stereocenters. The van der Waals surface area contributed by atoms with Crippen LogP contribution < -0.4 is 10.1 Å². The number of carbonyl (C=O) groups is 1. The first kappa shape index (κ1) is 25.0. The fourth-order valence-electron chi connectivity index (χ4n) is 3.03. The molecule has 0 aliphatic heterocycles. The molecule has 0 spiro atoms. The van der Waals surface area contributed by atoms with Gasteiger partial charge >= 0.3 is 0 Å². The van der Waals surface area contributed by atoms with Gasteiger partial charge in [0.15, 0.2) is 0 Å². The van der Waals surface area contributed by atoms with E-state index in [1.165, 1.54) is 0 Å². The molecule has 2 aromatic carbocycles. The van der Waals surface area contributed by atoms with Gasteiger partial charge in [-0.15, -0.1) is 12.4 Å². The summed E-state index contributed by atoms with van der Waals surface area (Å²) in [6.07, 6.45) is 4.55. The molecule has 160 valence electrons. The summed E-state index contributed by atoms with van der Waals surface area (Å²) in [5.41, 5.74) is 2.99. The molecule has 0 bridgehead atoms. The maximum Gasteiger partial charge on any atom is 0.238 e. The quantitative estimate of drug-likeness (QED) is 0.471. The summed E-state index contributed by atoms with van der Waals surface area (Å²) in [4.78, 5) is 14.8. The van der Waals surface area contributed by atoms with Gasteiger partial charge in [-0.3, -0.25) is 9.69 Å². The molecule has 0 fully saturated rings. The summed E-state index contributed by atoms with van der Waals surface area (Å²) in [5, 5.41) is 3.06. The monoisotopic (exact) mass is 418 g/mol. The number of anilines is 1. The fraction of sp³-hybridized carbons (Fsp3) is 0.458. The van der Waals surface area contributed by atoms with Crippen molar-refractivity contribution in [1.29, 1.82) is 0 Å². The number of nitrogens with zero attached hydrogens (tertiary/aromatic N) is 1. The summed E-state index contributed by atoms with van der Waals surface area (Å²) >= 11 is 0. The summed E-state index contributed by atoms with van der Waals surface area (Å²) in [5.74, 6) is 0.861. The molecule has 0 aliphatic rings. The van der Waals surface area contributed by atoms with Gasteiger partial charge in [-0.05, 0) is 62.2 Å². The number of amides is 1. The van der Waals surface area contributed by atoms with Crippen LogP contribution in [0.1, 0.15) is 50.7 Å². The SMILES string of the molecule is CCCCN(CCCC)CC(=O)Nc1ccc(OCc2ccccc2)cc1C.Cl. The van der Waals surface area contributed by atoms with E-state index >= 15 is 0 Å². The molecule has 0 aromatic heterocycles. The number of ether oxygens (including phenoxy) is 1. The number of nitrogens with one attached hydrogen (secondary N) is 1. The lowest BCUT2D eigenvalue weighted by atomic mass is 10.2. The lowest BCUT2D eigenvalue weighted by Gasteiger charge is -2.21. The molecule has 5 heteroatoms. The van der Waals surface area contributed by atoms with Crippen LogP contribution in [0.4, 0.5) is 5.69 Å². The smallest absolute Gasteiger partial charge is 0.238 e. The van der Waals surface area contributed by atoms with Gasteiger partial charge < -0.3 is 10.1 Å². The number of rotatable bonds is 12. The molecule has 29 heavy (non-hydrogen) atoms. The second-order valence-corrected chi connectivity index (χ2v) is 7.28. The van der Waals surface area contributed by atoms with Gasteiger partial charge in [-0.25, -0.2) is 0 Å². The Morgan fingerprint density at radius 1 is 1.00 bits per heavy atom. The van der Waals surface area contributed by atoms with E-state index < -0.39 is 0 Å². The predicted molar refractivity (Wildman–Crippen MR) is 124 cm³/mol. The minimum atomic E-state index is 0. The van der Waals surface area contributed by atoms with E-state index in [0.29, 0.717) is 13.2 Å². The molecule has 0 radical (unpaired) electrons. The highest BCUT2D eigenvalue weighted by atomic mass is 35.5. The van der Waals surface area contributed by atoms with Crippen LogP contribution in [0.2, 0.25) is 0 Å². The van der Waals surface area contributed by atoms with Crippen molar-refractivity contribution in [1.82, 2.24) is 4.90 Å². The molecule has 4 nitrogen and oxygen atoms in total. The molecule has 0 atom stereocenters. The third-order valence-corrected chi connectivity index (χ3v) is 4.74. The van der Waals surface area contributed by atoms with Crippen molar-refractivity contribution in [3.8, 4) is 5.75 Å². The van der Waals surface area contributed by atoms with Crippen LogP contribution in [-0.2, 0) is 11.4 Å². The minimum Gasteiger partial charge on any atom is -0.489 e. The molecule has 0 saturated heterocycles. The first-order chi connectivity index (χ1) is 13.6. The molecule has 2 aromatic rings. The highest BCUT2D eigenvalue weighted by Gasteiger charge is 2.11. The highest BCUT2D eigenvalue weighted by Crippen LogP contribution is 2.22. The highest BCUT2D eigenvalue weighted by molar-refractivity contribution is 5.93. The third-order valence-electron chi connectivity index (χ3n) is 4.74. The molecule has 0 aliphatic carbocycles. The van der Waals surface area contributed by atoms with Crippen molar-refractivity contribution in [2.75, 3.05) is 25.0 Å². The molecule has 0 saturated carbocycles. The van der Waals surface area contributed by atoms with E-state index in [2.05, 4.69) is 24.1 Å². The van der Waals surface area contributed by atoms with Crippen LogP contribution in [0.15, 0.2) is 48.5 Å². The zero-order valence-corrected chi connectivity index (χ0v) is 18.8. The Hall–Kier alpha value is -2.04. The van der Waals surface area contributed by atoms with Crippen molar-refractivity contribution >= 4 is 24.0 Å². The van der Waals surface area contributed by atoms with E-state index in [-0.39, 0.29) is 18.3 Å². The second kappa shape index (κ2) is 14.0. The maximum atomic E-state index is 12.5. The number of hydrogen-bond acceptors (Lipinski definition) is 3. The van der Waals surface area contributed by atoms with E-state index in [1.807, 2.05) is 55.5 Å². The molecule has 1 N–H and O–H groups in total. The van der Waals surface area contributed by atoms with Crippen molar-refractivity contribution in [2.24, 2.45) is 0 Å². The largest absolute Gasteiger partial charge is 0.489 e. The molecule has 2 rings (SSSR count). The average molecular weight is 419 g/mol. The van der Waals surface area contributed by atoms with Gasteiger partial charge in [-0.2, -0.15) is 0 Å². The van der Waals surface area contributed by atoms with E-state index in [0.717, 1.165) is 61.3 Å². The standard InChI is InChI=1S/C24H34N2O2.ClH/c1-4-6-15-26(16-7-5-2)18-24(27)25-23-14-13-22(17-20(23)3)28-19-21-11-9-8-10-12-21;/h8-14,17H,4-7,15-16,18-19H2,1-3H3,(H,25,27);1H. The van der Waals surface area contributed by atoms with Gasteiger partial charge in [0.05, 0.1) is 6.54 Å². The first-order valence-electron chi connectivity index (χ1n) is 10.4. The summed E-state index contributed by atoms with van der Waals surface area (Å²) in [6, 6.07) is 15.9. The lowest BCUT2D eigenvalue weighted by Crippen LogP contribution is -2.34. The van der Waals surface area contributed by atoms with Crippen molar-refractivity contribution in [2.45, 2.75) is 53.1 Å². The summed E-state index contributed by atoms with van der Waals surface area (Å²) in [7, 11) is 0. The number of aryl methyl sites for hydroxylation is 1. The Morgan fingerprint density at radius 3 is 2.24 bits per heavy atom. The number of benzene rings is 2. The van der Waals surface area contributed by atoms with Crippen LogP contribution in [0.3, 0.4) is 0 Å². The van der Waals surface area contributed by atoms with Crippen LogP contribution in [-0.4, -0.2) is 30.4 Å². The molecule has 1 amide bonds. The first-order valence-corrected chi connectivity index (χ1v) is 10.4. The van der Waals surface area contributed by atoms with Gasteiger partial charge in [0.25, 0.3) is 0 Å². The van der Waals surface area contributed by atoms with E-state index in [1.54, 1.807) is 0 Å². The molecular weight excluding hydrogens is 384 g/mol. The fourth-order valence-corrected chi connectivity index (χ4v) is 3.03. The van der Waals surface area contributed by atoms with Gasteiger partial charge in [0, 0.05) is 5.69 Å². The van der Waals surface area contributed by atoms with Crippen LogP contribution in [0.5, 0.6) is 5.75 Å². The molecule has 0 heterocycles. The summed E-state index contributed by atoms with van der Waals surface area (Å²) < 4.78 is 5.87. The van der Waals surface area contributed by atoms with Gasteiger partial charge in [-0.1, -0.05) is 57.0 Å². The Balaban J connectivity index is 0.00000420. The number of unbranched alkanes of at least 4 members (excludes halogenated alkanes) is 2. The summed E-state index contributed by atoms with van der Waals surface area (Å²) in [6.45, 7) is 9.31. The topological polar surface area (TPSA) is 41.6 Å². The van der Waals surface area contributed by atoms with Gasteiger partial charge in [0.2, 0.25) is 5.91 Å². The van der Waals surface area contributed by atoms with Crippen molar-refractivity contribution in [3.63, 3.8) is 0 Å². The van der Waals surface area contributed by atoms with Crippen LogP contribution in [0.25, 0.3) is 0 Å². The van der Waals surface area contributed by atoms with Crippen molar-refractivity contribution < 1.29 is 9.53 Å². The van der Waals surface area contributed by atoms with E-state index in [4.69, 9.17) is 4.74 Å². The average Bonchev–Trinajstić information content (AvgIpc) is 2.71. The number of carbonyl (C=O) groups excluding carboxylic acids is 1. The number of hydrogen-bond donors (Lipinski definition) is 1. The third kappa shape index (κ3) is 9.33. The molecular formula is C24H35ClN2O2. The Morgan fingerprint density at radius 2 is 1.66 bits per heavy atom. The normalized spacial score (nSPS) is 10.5. The van der Waals surface area contributed by atoms with Gasteiger partial charge in [0.1, 0.15) is 12.4 Å².